The number of fused-ring (bicyclic) bond motifs is 1. The molecule has 0 aliphatic rings. The van der Waals surface area contributed by atoms with Crippen molar-refractivity contribution in [2.24, 2.45) is 0 Å². The average Bonchev–Trinajstić information content (AvgIpc) is 2.43. The molecule has 2 heteroatoms. The monoisotopic (exact) mass is 256 g/mol. The van der Waals surface area contributed by atoms with Crippen molar-refractivity contribution in [2.75, 3.05) is 6.61 Å². The largest absolute Gasteiger partial charge is 0.493 e. The molecule has 19 heavy (non-hydrogen) atoms. The molecule has 0 aliphatic heterocycles. The molecule has 0 saturated carbocycles. The van der Waals surface area contributed by atoms with E-state index in [0.717, 1.165) is 34.9 Å². The van der Waals surface area contributed by atoms with Crippen molar-refractivity contribution in [1.29, 1.82) is 0 Å². The number of benzene rings is 2. The second-order valence-corrected chi connectivity index (χ2v) is 4.66. The third kappa shape index (κ3) is 3.15. The van der Waals surface area contributed by atoms with Crippen LogP contribution in [0.3, 0.4) is 0 Å². The molecule has 0 saturated heterocycles. The van der Waals surface area contributed by atoms with E-state index in [2.05, 4.69) is 12.6 Å². The molecule has 2 nitrogen and oxygen atoms in total. The topological polar surface area (TPSA) is 29.5 Å². The lowest BCUT2D eigenvalue weighted by Crippen LogP contribution is -2.03. The Hall–Kier alpha value is -1.80. The van der Waals surface area contributed by atoms with E-state index in [1.54, 1.807) is 6.92 Å². The normalized spacial score (nSPS) is 12.3. The van der Waals surface area contributed by atoms with Crippen LogP contribution in [0.15, 0.2) is 49.1 Å². The lowest BCUT2D eigenvalue weighted by molar-refractivity contribution is 0.191. The Morgan fingerprint density at radius 1 is 1.26 bits per heavy atom. The zero-order valence-corrected chi connectivity index (χ0v) is 11.3. The Bertz CT molecular complexity index is 558. The highest BCUT2D eigenvalue weighted by atomic mass is 16.5. The van der Waals surface area contributed by atoms with Crippen LogP contribution in [0.1, 0.15) is 31.4 Å². The van der Waals surface area contributed by atoms with Gasteiger partial charge < -0.3 is 9.84 Å². The zero-order valence-electron chi connectivity index (χ0n) is 11.3. The first-order valence-corrected chi connectivity index (χ1v) is 6.67. The number of hydrogen-bond donors (Lipinski definition) is 1. The summed E-state index contributed by atoms with van der Waals surface area (Å²) >= 11 is 0. The van der Waals surface area contributed by atoms with Crippen LogP contribution in [0.25, 0.3) is 10.8 Å². The van der Waals surface area contributed by atoms with Crippen LogP contribution >= 0.6 is 0 Å². The molecular weight excluding hydrogens is 236 g/mol. The van der Waals surface area contributed by atoms with E-state index in [0.29, 0.717) is 6.61 Å². The van der Waals surface area contributed by atoms with Gasteiger partial charge in [0.1, 0.15) is 5.75 Å². The van der Waals surface area contributed by atoms with Crippen LogP contribution in [0.4, 0.5) is 0 Å². The summed E-state index contributed by atoms with van der Waals surface area (Å²) < 4.78 is 5.91. The summed E-state index contributed by atoms with van der Waals surface area (Å²) in [6.45, 7) is 6.11. The fourth-order valence-corrected chi connectivity index (χ4v) is 2.15. The van der Waals surface area contributed by atoms with Gasteiger partial charge in [-0.1, -0.05) is 42.5 Å². The predicted molar refractivity (Wildman–Crippen MR) is 79.5 cm³/mol. The molecule has 0 radical (unpaired) electrons. The lowest BCUT2D eigenvalue weighted by Gasteiger charge is -2.16. The van der Waals surface area contributed by atoms with Gasteiger partial charge in [0.25, 0.3) is 0 Å². The summed E-state index contributed by atoms with van der Waals surface area (Å²) in [6.07, 6.45) is 3.24. The minimum Gasteiger partial charge on any atom is -0.493 e. The molecular formula is C17H20O2. The highest BCUT2D eigenvalue weighted by Crippen LogP contribution is 2.33. The van der Waals surface area contributed by atoms with E-state index in [4.69, 9.17) is 4.74 Å². The quantitative estimate of drug-likeness (QED) is 0.619. The number of hydrogen-bond acceptors (Lipinski definition) is 2. The van der Waals surface area contributed by atoms with Crippen LogP contribution in [-0.2, 0) is 0 Å². The van der Waals surface area contributed by atoms with Crippen LogP contribution in [0.5, 0.6) is 5.75 Å². The minimum atomic E-state index is -0.529. The van der Waals surface area contributed by atoms with Gasteiger partial charge in [0.15, 0.2) is 0 Å². The van der Waals surface area contributed by atoms with Crippen molar-refractivity contribution in [3.05, 3.63) is 54.6 Å². The Labute approximate surface area is 114 Å². The summed E-state index contributed by atoms with van der Waals surface area (Å²) in [7, 11) is 0. The fourth-order valence-electron chi connectivity index (χ4n) is 2.15. The highest BCUT2D eigenvalue weighted by molar-refractivity contribution is 5.89. The van der Waals surface area contributed by atoms with Gasteiger partial charge in [-0.15, -0.1) is 6.58 Å². The van der Waals surface area contributed by atoms with E-state index < -0.39 is 6.10 Å². The first kappa shape index (κ1) is 13.6. The van der Waals surface area contributed by atoms with Crippen LogP contribution in [-0.4, -0.2) is 11.7 Å². The molecule has 0 fully saturated rings. The molecule has 0 aliphatic carbocycles. The van der Waals surface area contributed by atoms with Gasteiger partial charge in [-0.25, -0.2) is 0 Å². The molecule has 100 valence electrons. The van der Waals surface area contributed by atoms with Gasteiger partial charge in [0.2, 0.25) is 0 Å². The van der Waals surface area contributed by atoms with Crippen molar-refractivity contribution in [3.63, 3.8) is 0 Å². The smallest absolute Gasteiger partial charge is 0.132 e. The maximum absolute atomic E-state index is 9.87. The van der Waals surface area contributed by atoms with Crippen molar-refractivity contribution >= 4 is 10.8 Å². The number of rotatable bonds is 6. The predicted octanol–water partition coefficient (Wildman–Crippen LogP) is 4.24. The number of allylic oxidation sites excluding steroid dienone is 1. The minimum absolute atomic E-state index is 0.529. The third-order valence-electron chi connectivity index (χ3n) is 3.16. The van der Waals surface area contributed by atoms with Gasteiger partial charge >= 0.3 is 0 Å². The SMILES string of the molecule is C=CCCCOc1c([C@H](C)O)ccc2ccccc12. The number of ether oxygens (including phenoxy) is 1. The molecule has 0 unspecified atom stereocenters. The first-order valence-electron chi connectivity index (χ1n) is 6.67. The first-order chi connectivity index (χ1) is 9.24. The molecule has 0 spiro atoms. The molecule has 0 bridgehead atoms. The summed E-state index contributed by atoms with van der Waals surface area (Å²) in [5.74, 6) is 0.803. The number of aliphatic hydroxyl groups is 1. The molecule has 0 aromatic heterocycles. The van der Waals surface area contributed by atoms with E-state index in [-0.39, 0.29) is 0 Å². The van der Waals surface area contributed by atoms with Crippen molar-refractivity contribution < 1.29 is 9.84 Å². The van der Waals surface area contributed by atoms with E-state index >= 15 is 0 Å². The zero-order chi connectivity index (χ0) is 13.7. The Kier molecular flexibility index (Phi) is 4.58. The van der Waals surface area contributed by atoms with E-state index in [9.17, 15) is 5.11 Å². The maximum atomic E-state index is 9.87. The van der Waals surface area contributed by atoms with Crippen molar-refractivity contribution in [2.45, 2.75) is 25.9 Å². The summed E-state index contributed by atoms with van der Waals surface area (Å²) in [4.78, 5) is 0. The summed E-state index contributed by atoms with van der Waals surface area (Å²) in [5, 5.41) is 12.1. The summed E-state index contributed by atoms with van der Waals surface area (Å²) in [6, 6.07) is 12.0. The van der Waals surface area contributed by atoms with Crippen LogP contribution in [0.2, 0.25) is 0 Å². The van der Waals surface area contributed by atoms with Gasteiger partial charge in [-0.3, -0.25) is 0 Å². The standard InChI is InChI=1S/C17H20O2/c1-3-4-7-12-19-17-15(13(2)18)11-10-14-8-5-6-9-16(14)17/h3,5-6,8-11,13,18H,1,4,7,12H2,2H3/t13-/m0/s1. The second-order valence-electron chi connectivity index (χ2n) is 4.66. The Balaban J connectivity index is 2.35. The second kappa shape index (κ2) is 6.39. The molecule has 1 atom stereocenters. The average molecular weight is 256 g/mol. The van der Waals surface area contributed by atoms with Gasteiger partial charge in [0.05, 0.1) is 12.7 Å². The Morgan fingerprint density at radius 3 is 2.79 bits per heavy atom. The van der Waals surface area contributed by atoms with Crippen molar-refractivity contribution in [3.8, 4) is 5.75 Å². The maximum Gasteiger partial charge on any atom is 0.132 e. The molecule has 1 N–H and O–H groups in total. The third-order valence-corrected chi connectivity index (χ3v) is 3.16. The van der Waals surface area contributed by atoms with Crippen LogP contribution in [0, 0.1) is 0 Å². The number of aliphatic hydroxyl groups excluding tert-OH is 1. The van der Waals surface area contributed by atoms with Gasteiger partial charge in [0, 0.05) is 10.9 Å². The Morgan fingerprint density at radius 2 is 2.05 bits per heavy atom. The number of unbranched alkanes of at least 4 members (excludes halogenated alkanes) is 1. The molecule has 0 amide bonds. The van der Waals surface area contributed by atoms with Gasteiger partial charge in [-0.05, 0) is 25.2 Å². The van der Waals surface area contributed by atoms with Crippen molar-refractivity contribution in [1.82, 2.24) is 0 Å². The van der Waals surface area contributed by atoms with Gasteiger partial charge in [-0.2, -0.15) is 0 Å². The molecule has 2 rings (SSSR count). The molecule has 2 aromatic rings. The summed E-state index contributed by atoms with van der Waals surface area (Å²) in [5.41, 5.74) is 0.845. The highest BCUT2D eigenvalue weighted by Gasteiger charge is 2.12. The lowest BCUT2D eigenvalue weighted by atomic mass is 10.0. The molecule has 2 aromatic carbocycles. The van der Waals surface area contributed by atoms with E-state index in [1.807, 2.05) is 36.4 Å². The fraction of sp³-hybridized carbons (Fsp3) is 0.294. The molecule has 0 heterocycles. The van der Waals surface area contributed by atoms with E-state index in [1.165, 1.54) is 0 Å². The van der Waals surface area contributed by atoms with Crippen LogP contribution < -0.4 is 4.74 Å².